The monoisotopic (exact) mass is 291 g/mol. The Morgan fingerprint density at radius 3 is 2.50 bits per heavy atom. The van der Waals surface area contributed by atoms with Crippen molar-refractivity contribution in [3.8, 4) is 11.8 Å². The number of Topliss-reactive ketones (excluding diaryl/α,β-unsaturated/α-hetero) is 1. The van der Waals surface area contributed by atoms with E-state index in [-0.39, 0.29) is 24.4 Å². The Morgan fingerprint density at radius 1 is 1.20 bits per heavy atom. The van der Waals surface area contributed by atoms with E-state index in [1.54, 1.807) is 0 Å². The van der Waals surface area contributed by atoms with Crippen LogP contribution in [0.3, 0.4) is 0 Å². The van der Waals surface area contributed by atoms with Gasteiger partial charge in [0.05, 0.1) is 6.54 Å². The Balaban J connectivity index is 0.00000200. The van der Waals surface area contributed by atoms with Crippen LogP contribution in [0.2, 0.25) is 0 Å². The van der Waals surface area contributed by atoms with Gasteiger partial charge in [0.15, 0.2) is 0 Å². The molecule has 1 aromatic rings. The first-order valence-electron chi connectivity index (χ1n) is 6.92. The highest BCUT2D eigenvalue weighted by molar-refractivity contribution is 5.85. The zero-order valence-electron chi connectivity index (χ0n) is 12.3. The summed E-state index contributed by atoms with van der Waals surface area (Å²) in [5, 5.41) is 0. The van der Waals surface area contributed by atoms with Crippen molar-refractivity contribution >= 4 is 18.2 Å². The van der Waals surface area contributed by atoms with Gasteiger partial charge in [-0.25, -0.2) is 0 Å². The van der Waals surface area contributed by atoms with Gasteiger partial charge < -0.3 is 0 Å². The molecule has 0 N–H and O–H groups in total. The maximum atomic E-state index is 11.8. The van der Waals surface area contributed by atoms with Crippen molar-refractivity contribution in [3.63, 3.8) is 0 Å². The van der Waals surface area contributed by atoms with Crippen LogP contribution < -0.4 is 0 Å². The highest BCUT2D eigenvalue weighted by Crippen LogP contribution is 2.24. The summed E-state index contributed by atoms with van der Waals surface area (Å²) in [6.45, 7) is 7.00. The summed E-state index contributed by atoms with van der Waals surface area (Å²) in [6.07, 6.45) is 0.651. The molecule has 1 saturated heterocycles. The van der Waals surface area contributed by atoms with Gasteiger partial charge in [-0.15, -0.1) is 12.4 Å². The van der Waals surface area contributed by atoms with Gasteiger partial charge in [0, 0.05) is 30.0 Å². The summed E-state index contributed by atoms with van der Waals surface area (Å²) >= 11 is 0. The number of likely N-dealkylation sites (tertiary alicyclic amines) is 1. The molecule has 2 nitrogen and oxygen atoms in total. The van der Waals surface area contributed by atoms with Gasteiger partial charge in [0.25, 0.3) is 0 Å². The Labute approximate surface area is 128 Å². The molecule has 3 heteroatoms. The van der Waals surface area contributed by atoms with E-state index in [1.807, 2.05) is 37.3 Å². The highest BCUT2D eigenvalue weighted by atomic mass is 35.5. The molecule has 1 aliphatic heterocycles. The lowest BCUT2D eigenvalue weighted by molar-refractivity contribution is -0.129. The van der Waals surface area contributed by atoms with Gasteiger partial charge in [0.2, 0.25) is 0 Å². The lowest BCUT2D eigenvalue weighted by Gasteiger charge is -2.40. The summed E-state index contributed by atoms with van der Waals surface area (Å²) < 4.78 is 0. The van der Waals surface area contributed by atoms with E-state index in [2.05, 4.69) is 30.6 Å². The topological polar surface area (TPSA) is 20.3 Å². The van der Waals surface area contributed by atoms with Crippen LogP contribution in [-0.2, 0) is 4.79 Å². The van der Waals surface area contributed by atoms with Crippen LogP contribution in [0.25, 0.3) is 0 Å². The molecule has 0 spiro atoms. The third-order valence-electron chi connectivity index (χ3n) is 4.09. The van der Waals surface area contributed by atoms with E-state index >= 15 is 0 Å². The van der Waals surface area contributed by atoms with E-state index in [1.165, 1.54) is 0 Å². The molecule has 108 valence electrons. The zero-order chi connectivity index (χ0) is 13.8. The van der Waals surface area contributed by atoms with E-state index < -0.39 is 0 Å². The fourth-order valence-electron chi connectivity index (χ4n) is 2.61. The number of rotatable bonds is 1. The summed E-state index contributed by atoms with van der Waals surface area (Å²) in [6, 6.07) is 10.6. The number of nitrogens with zero attached hydrogens (tertiary/aromatic N) is 1. The van der Waals surface area contributed by atoms with Crippen LogP contribution in [0, 0.1) is 17.8 Å². The van der Waals surface area contributed by atoms with Gasteiger partial charge in [-0.05, 0) is 26.0 Å². The summed E-state index contributed by atoms with van der Waals surface area (Å²) in [4.78, 5) is 14.1. The molecule has 1 heterocycles. The molecule has 1 fully saturated rings. The first kappa shape index (κ1) is 16.8. The number of piperidine rings is 1. The Morgan fingerprint density at radius 2 is 1.85 bits per heavy atom. The molecule has 1 aromatic carbocycles. The average Bonchev–Trinajstić information content (AvgIpc) is 2.41. The van der Waals surface area contributed by atoms with Crippen LogP contribution in [0.15, 0.2) is 30.3 Å². The maximum Gasteiger partial charge on any atom is 0.138 e. The van der Waals surface area contributed by atoms with E-state index in [9.17, 15) is 4.79 Å². The lowest BCUT2D eigenvalue weighted by atomic mass is 9.87. The van der Waals surface area contributed by atoms with Crippen LogP contribution in [0.4, 0.5) is 0 Å². The van der Waals surface area contributed by atoms with Crippen molar-refractivity contribution in [2.45, 2.75) is 39.3 Å². The minimum atomic E-state index is 0. The van der Waals surface area contributed by atoms with Crippen LogP contribution in [-0.4, -0.2) is 29.3 Å². The summed E-state index contributed by atoms with van der Waals surface area (Å²) in [5.74, 6) is 6.92. The SMILES string of the molecule is CC1C(=O)CC(C)N(CC#Cc2ccccc2)C1C.Cl. The first-order chi connectivity index (χ1) is 9.09. The normalized spacial score (nSPS) is 26.4. The minimum Gasteiger partial charge on any atom is -0.299 e. The molecular formula is C17H22ClNO. The molecule has 0 bridgehead atoms. The molecule has 0 radical (unpaired) electrons. The molecule has 0 amide bonds. The number of ketones is 1. The minimum absolute atomic E-state index is 0. The molecule has 3 atom stereocenters. The summed E-state index contributed by atoms with van der Waals surface area (Å²) in [5.41, 5.74) is 1.05. The fourth-order valence-corrected chi connectivity index (χ4v) is 2.61. The number of benzene rings is 1. The van der Waals surface area contributed by atoms with Gasteiger partial charge in [-0.2, -0.15) is 0 Å². The number of carbonyl (C=O) groups excluding carboxylic acids is 1. The fraction of sp³-hybridized carbons (Fsp3) is 0.471. The van der Waals surface area contributed by atoms with E-state index in [0.717, 1.165) is 12.1 Å². The molecule has 0 aromatic heterocycles. The van der Waals surface area contributed by atoms with Gasteiger partial charge in [-0.3, -0.25) is 9.69 Å². The lowest BCUT2D eigenvalue weighted by Crippen LogP contribution is -2.51. The standard InChI is InChI=1S/C17H21NO.ClH/c1-13-12-17(19)14(2)15(3)18(13)11-7-10-16-8-5-4-6-9-16;/h4-6,8-9,13-15H,11-12H2,1-3H3;1H. The van der Waals surface area contributed by atoms with Gasteiger partial charge >= 0.3 is 0 Å². The second-order valence-corrected chi connectivity index (χ2v) is 5.39. The Kier molecular flexibility index (Phi) is 6.26. The number of hydrogen-bond donors (Lipinski definition) is 0. The number of carbonyl (C=O) groups is 1. The highest BCUT2D eigenvalue weighted by Gasteiger charge is 2.34. The van der Waals surface area contributed by atoms with Crippen molar-refractivity contribution in [3.05, 3.63) is 35.9 Å². The van der Waals surface area contributed by atoms with Crippen molar-refractivity contribution in [1.82, 2.24) is 4.90 Å². The molecule has 3 unspecified atom stereocenters. The number of hydrogen-bond acceptors (Lipinski definition) is 2. The van der Waals surface area contributed by atoms with Gasteiger partial charge in [-0.1, -0.05) is 37.0 Å². The van der Waals surface area contributed by atoms with E-state index in [0.29, 0.717) is 18.2 Å². The Bertz CT molecular complexity index is 503. The maximum absolute atomic E-state index is 11.8. The zero-order valence-corrected chi connectivity index (χ0v) is 13.1. The third-order valence-corrected chi connectivity index (χ3v) is 4.09. The molecule has 2 rings (SSSR count). The number of halogens is 1. The predicted octanol–water partition coefficient (Wildman–Crippen LogP) is 3.15. The van der Waals surface area contributed by atoms with Crippen LogP contribution >= 0.6 is 12.4 Å². The van der Waals surface area contributed by atoms with Gasteiger partial charge in [0.1, 0.15) is 5.78 Å². The largest absolute Gasteiger partial charge is 0.299 e. The third kappa shape index (κ3) is 3.85. The van der Waals surface area contributed by atoms with Crippen molar-refractivity contribution < 1.29 is 4.79 Å². The second-order valence-electron chi connectivity index (χ2n) is 5.39. The van der Waals surface area contributed by atoms with Crippen LogP contribution in [0.1, 0.15) is 32.8 Å². The molecule has 0 saturated carbocycles. The molecule has 1 aliphatic rings. The quantitative estimate of drug-likeness (QED) is 0.741. The molecular weight excluding hydrogens is 270 g/mol. The second kappa shape index (κ2) is 7.47. The van der Waals surface area contributed by atoms with Crippen molar-refractivity contribution in [2.75, 3.05) is 6.54 Å². The van der Waals surface area contributed by atoms with Crippen LogP contribution in [0.5, 0.6) is 0 Å². The summed E-state index contributed by atoms with van der Waals surface area (Å²) in [7, 11) is 0. The molecule has 0 aliphatic carbocycles. The van der Waals surface area contributed by atoms with Crippen molar-refractivity contribution in [1.29, 1.82) is 0 Å². The Hall–Kier alpha value is -1.30. The average molecular weight is 292 g/mol. The smallest absolute Gasteiger partial charge is 0.138 e. The predicted molar refractivity (Wildman–Crippen MR) is 85.0 cm³/mol. The van der Waals surface area contributed by atoms with E-state index in [4.69, 9.17) is 0 Å². The molecule has 20 heavy (non-hydrogen) atoms. The van der Waals surface area contributed by atoms with Crippen molar-refractivity contribution in [2.24, 2.45) is 5.92 Å². The first-order valence-corrected chi connectivity index (χ1v) is 6.92.